The predicted octanol–water partition coefficient (Wildman–Crippen LogP) is 1.67. The molecule has 1 aromatic rings. The minimum atomic E-state index is -2.95. The van der Waals surface area contributed by atoms with Crippen LogP contribution in [0.5, 0.6) is 0 Å². The van der Waals surface area contributed by atoms with E-state index in [-0.39, 0.29) is 0 Å². The second kappa shape index (κ2) is 4.30. The fraction of sp³-hybridized carbons (Fsp3) is 0.167. The van der Waals surface area contributed by atoms with Crippen LogP contribution >= 0.6 is 17.9 Å². The molecular weight excluding hydrogens is 225 g/mol. The first-order valence-electron chi connectivity index (χ1n) is 3.44. The van der Waals surface area contributed by atoms with Crippen molar-refractivity contribution in [2.75, 3.05) is 5.32 Å². The second-order valence-electron chi connectivity index (χ2n) is 2.47. The number of nitrogens with zero attached hydrogens (tertiary/aromatic N) is 1. The van der Waals surface area contributed by atoms with Gasteiger partial charge in [0.1, 0.15) is 0 Å². The van der Waals surface area contributed by atoms with Gasteiger partial charge >= 0.3 is 0 Å². The second-order valence-corrected chi connectivity index (χ2v) is 6.40. The first-order chi connectivity index (χ1) is 5.97. The van der Waals surface area contributed by atoms with Crippen molar-refractivity contribution in [3.05, 3.63) is 17.0 Å². The first-order valence-corrected chi connectivity index (χ1v) is 7.10. The zero-order chi connectivity index (χ0) is 9.90. The summed E-state index contributed by atoms with van der Waals surface area (Å²) in [5.41, 5.74) is 6.33. The Hall–Kier alpha value is -0.260. The van der Waals surface area contributed by atoms with Gasteiger partial charge in [0, 0.05) is 0 Å². The maximum absolute atomic E-state index is 8.97. The summed E-state index contributed by atoms with van der Waals surface area (Å²) < 4.78 is 3.59. The van der Waals surface area contributed by atoms with Gasteiger partial charge in [0.15, 0.2) is 0 Å². The molecule has 0 bridgehead atoms. The molecule has 0 spiro atoms. The summed E-state index contributed by atoms with van der Waals surface area (Å²) in [6.45, 7) is -0.953. The van der Waals surface area contributed by atoms with Gasteiger partial charge in [0.25, 0.3) is 0 Å². The lowest BCUT2D eigenvalue weighted by Crippen LogP contribution is -1.95. The number of anilines is 1. The van der Waals surface area contributed by atoms with E-state index < -0.39 is 6.57 Å². The molecule has 0 radical (unpaired) electrons. The lowest BCUT2D eigenvalue weighted by molar-refractivity contribution is 0.625. The summed E-state index contributed by atoms with van der Waals surface area (Å²) in [6.07, 6.45) is 1.34. The molecule has 1 unspecified atom stereocenters. The summed E-state index contributed by atoms with van der Waals surface area (Å²) in [7, 11) is 0. The quantitative estimate of drug-likeness (QED) is 0.423. The van der Waals surface area contributed by atoms with Gasteiger partial charge in [0.05, 0.1) is 11.3 Å². The SMILES string of the molecule is Cc1csc(N/C=N/P(N)(O)=S)c1. The summed E-state index contributed by atoms with van der Waals surface area (Å²) in [5.74, 6) is 0. The van der Waals surface area contributed by atoms with E-state index in [4.69, 9.17) is 10.4 Å². The van der Waals surface area contributed by atoms with Gasteiger partial charge in [-0.25, -0.2) is 4.76 Å². The van der Waals surface area contributed by atoms with Crippen LogP contribution < -0.4 is 10.8 Å². The molecule has 0 fully saturated rings. The highest BCUT2D eigenvalue weighted by molar-refractivity contribution is 8.10. The third-order valence-electron chi connectivity index (χ3n) is 1.16. The van der Waals surface area contributed by atoms with Crippen LogP contribution in [0.25, 0.3) is 0 Å². The summed E-state index contributed by atoms with van der Waals surface area (Å²) >= 11 is 6.07. The van der Waals surface area contributed by atoms with Crippen molar-refractivity contribution in [2.45, 2.75) is 6.92 Å². The Balaban J connectivity index is 2.53. The monoisotopic (exact) mass is 235 g/mol. The minimum absolute atomic E-state index is 0.949. The summed E-state index contributed by atoms with van der Waals surface area (Å²) in [5, 5.41) is 5.83. The number of hydrogen-bond acceptors (Lipinski definition) is 2. The minimum Gasteiger partial charge on any atom is -0.338 e. The largest absolute Gasteiger partial charge is 0.338 e. The smallest absolute Gasteiger partial charge is 0.240 e. The number of aryl methyl sites for hydroxylation is 1. The number of hydrogen-bond donors (Lipinski definition) is 3. The molecule has 0 saturated carbocycles. The van der Waals surface area contributed by atoms with Crippen LogP contribution in [0.3, 0.4) is 0 Å². The Morgan fingerprint density at radius 3 is 3.00 bits per heavy atom. The predicted molar refractivity (Wildman–Crippen MR) is 61.9 cm³/mol. The topological polar surface area (TPSA) is 70.6 Å². The average molecular weight is 235 g/mol. The van der Waals surface area contributed by atoms with Gasteiger partial charge in [-0.3, -0.25) is 5.50 Å². The van der Waals surface area contributed by atoms with E-state index in [9.17, 15) is 0 Å². The lowest BCUT2D eigenvalue weighted by atomic mass is 10.4. The van der Waals surface area contributed by atoms with Crippen molar-refractivity contribution in [1.29, 1.82) is 0 Å². The van der Waals surface area contributed by atoms with Crippen LogP contribution in [0.1, 0.15) is 5.56 Å². The normalized spacial score (nSPS) is 15.9. The van der Waals surface area contributed by atoms with Crippen LogP contribution in [0.15, 0.2) is 16.2 Å². The van der Waals surface area contributed by atoms with Gasteiger partial charge < -0.3 is 10.2 Å². The van der Waals surface area contributed by atoms with E-state index in [1.165, 1.54) is 11.9 Å². The average Bonchev–Trinajstić information content (AvgIpc) is 2.33. The zero-order valence-corrected chi connectivity index (χ0v) is 9.49. The highest BCUT2D eigenvalue weighted by atomic mass is 32.4. The Labute approximate surface area is 85.7 Å². The van der Waals surface area contributed by atoms with Crippen molar-refractivity contribution < 1.29 is 4.89 Å². The van der Waals surface area contributed by atoms with Crippen LogP contribution in [0.2, 0.25) is 0 Å². The number of rotatable bonds is 3. The molecule has 1 aromatic heterocycles. The molecule has 0 aromatic carbocycles. The first kappa shape index (κ1) is 10.8. The third kappa shape index (κ3) is 4.50. The van der Waals surface area contributed by atoms with Crippen molar-refractivity contribution >= 4 is 41.0 Å². The zero-order valence-electron chi connectivity index (χ0n) is 6.97. The molecule has 0 aliphatic rings. The van der Waals surface area contributed by atoms with E-state index in [2.05, 4.69) is 21.9 Å². The Morgan fingerprint density at radius 2 is 2.54 bits per heavy atom. The van der Waals surface area contributed by atoms with Crippen LogP contribution in [0, 0.1) is 6.92 Å². The summed E-state index contributed by atoms with van der Waals surface area (Å²) in [4.78, 5) is 8.97. The van der Waals surface area contributed by atoms with E-state index in [0.717, 1.165) is 5.00 Å². The van der Waals surface area contributed by atoms with Gasteiger partial charge in [-0.05, 0) is 35.7 Å². The number of thiophene rings is 1. The molecule has 1 atom stereocenters. The van der Waals surface area contributed by atoms with E-state index >= 15 is 0 Å². The molecule has 0 aliphatic carbocycles. The fourth-order valence-electron chi connectivity index (χ4n) is 0.682. The molecule has 4 N–H and O–H groups in total. The maximum atomic E-state index is 8.97. The highest BCUT2D eigenvalue weighted by Gasteiger charge is 1.98. The van der Waals surface area contributed by atoms with Crippen molar-refractivity contribution in [1.82, 2.24) is 0 Å². The lowest BCUT2D eigenvalue weighted by Gasteiger charge is -1.99. The molecule has 13 heavy (non-hydrogen) atoms. The number of nitrogens with two attached hydrogens (primary N) is 1. The van der Waals surface area contributed by atoms with Crippen molar-refractivity contribution in [2.24, 2.45) is 10.3 Å². The molecular formula is C6H10N3OPS2. The molecule has 4 nitrogen and oxygen atoms in total. The Bertz CT molecular complexity index is 357. The third-order valence-corrected chi connectivity index (χ3v) is 2.87. The standard InChI is InChI=1S/C6H10N3OPS2/c1-5-2-6(13-3-5)8-4-9-11(7,10)12/h2-4H,1H3,(H4,7,8,9,10,12). The molecule has 0 amide bonds. The van der Waals surface area contributed by atoms with Gasteiger partial charge in [-0.1, -0.05) is 0 Å². The van der Waals surface area contributed by atoms with Crippen molar-refractivity contribution in [3.63, 3.8) is 0 Å². The van der Waals surface area contributed by atoms with Gasteiger partial charge in [-0.2, -0.15) is 0 Å². The molecule has 7 heteroatoms. The van der Waals surface area contributed by atoms with Gasteiger partial charge in [0.2, 0.25) is 6.57 Å². The maximum Gasteiger partial charge on any atom is 0.240 e. The molecule has 72 valence electrons. The van der Waals surface area contributed by atoms with E-state index in [1.807, 2.05) is 18.4 Å². The number of nitrogens with one attached hydrogen (secondary N) is 1. The van der Waals surface area contributed by atoms with Crippen LogP contribution in [0.4, 0.5) is 5.00 Å². The van der Waals surface area contributed by atoms with E-state index in [1.54, 1.807) is 11.3 Å². The van der Waals surface area contributed by atoms with Crippen molar-refractivity contribution in [3.8, 4) is 0 Å². The Kier molecular flexibility index (Phi) is 3.58. The molecule has 0 saturated heterocycles. The summed E-state index contributed by atoms with van der Waals surface area (Å²) in [6, 6.07) is 1.97. The molecule has 0 aliphatic heterocycles. The van der Waals surface area contributed by atoms with Crippen LogP contribution in [-0.4, -0.2) is 11.2 Å². The Morgan fingerprint density at radius 1 is 1.85 bits per heavy atom. The highest BCUT2D eigenvalue weighted by Crippen LogP contribution is 2.31. The van der Waals surface area contributed by atoms with E-state index in [0.29, 0.717) is 0 Å². The van der Waals surface area contributed by atoms with Gasteiger partial charge in [-0.15, -0.1) is 11.3 Å². The van der Waals surface area contributed by atoms with Crippen LogP contribution in [-0.2, 0) is 11.8 Å². The fourth-order valence-corrected chi connectivity index (χ4v) is 1.80. The molecule has 1 rings (SSSR count). The molecule has 1 heterocycles.